The van der Waals surface area contributed by atoms with Crippen molar-refractivity contribution in [2.45, 2.75) is 64.7 Å². The van der Waals surface area contributed by atoms with E-state index in [2.05, 4.69) is 49.4 Å². The molecule has 1 fully saturated rings. The SMILES string of the molecule is CCC(C1=Cc2c(ccc3c2CCc2ccccc2-3)CC1)C1CCCC1. The van der Waals surface area contributed by atoms with Gasteiger partial charge in [-0.3, -0.25) is 0 Å². The molecule has 0 bridgehead atoms. The van der Waals surface area contributed by atoms with E-state index in [1.165, 1.54) is 74.5 Å². The summed E-state index contributed by atoms with van der Waals surface area (Å²) in [5, 5.41) is 0. The van der Waals surface area contributed by atoms with Gasteiger partial charge in [-0.25, -0.2) is 0 Å². The van der Waals surface area contributed by atoms with E-state index in [1.807, 2.05) is 0 Å². The molecule has 0 aromatic heterocycles. The monoisotopic (exact) mass is 342 g/mol. The second-order valence-electron chi connectivity index (χ2n) is 8.60. The summed E-state index contributed by atoms with van der Waals surface area (Å²) >= 11 is 0. The third kappa shape index (κ3) is 2.66. The Bertz CT molecular complexity index is 848. The molecule has 0 spiro atoms. The number of allylic oxidation sites excluding steroid dienone is 1. The first-order valence-electron chi connectivity index (χ1n) is 10.8. The molecular weight excluding hydrogens is 312 g/mol. The van der Waals surface area contributed by atoms with Gasteiger partial charge in [0.05, 0.1) is 0 Å². The third-order valence-corrected chi connectivity index (χ3v) is 7.30. The zero-order chi connectivity index (χ0) is 17.5. The van der Waals surface area contributed by atoms with Crippen LogP contribution in [0, 0.1) is 11.8 Å². The van der Waals surface area contributed by atoms with Crippen LogP contribution in [-0.2, 0) is 19.3 Å². The van der Waals surface area contributed by atoms with Gasteiger partial charge in [0.1, 0.15) is 0 Å². The lowest BCUT2D eigenvalue weighted by atomic mass is 9.74. The Morgan fingerprint density at radius 2 is 1.65 bits per heavy atom. The molecule has 134 valence electrons. The summed E-state index contributed by atoms with van der Waals surface area (Å²) in [4.78, 5) is 0. The summed E-state index contributed by atoms with van der Waals surface area (Å²) in [6.07, 6.45) is 14.7. The van der Waals surface area contributed by atoms with Crippen LogP contribution in [0.2, 0.25) is 0 Å². The lowest BCUT2D eigenvalue weighted by Gasteiger charge is -2.31. The Hall–Kier alpha value is -1.82. The topological polar surface area (TPSA) is 0 Å². The minimum Gasteiger partial charge on any atom is -0.0659 e. The van der Waals surface area contributed by atoms with Gasteiger partial charge in [-0.15, -0.1) is 0 Å². The normalized spacial score (nSPS) is 20.1. The summed E-state index contributed by atoms with van der Waals surface area (Å²) in [5.41, 5.74) is 11.1. The molecule has 1 unspecified atom stereocenters. The zero-order valence-electron chi connectivity index (χ0n) is 16.1. The van der Waals surface area contributed by atoms with Gasteiger partial charge in [0, 0.05) is 0 Å². The fraction of sp³-hybridized carbons (Fsp3) is 0.462. The molecule has 0 radical (unpaired) electrons. The highest BCUT2D eigenvalue weighted by atomic mass is 14.3. The van der Waals surface area contributed by atoms with Gasteiger partial charge in [-0.05, 0) is 90.2 Å². The number of benzene rings is 2. The maximum atomic E-state index is 2.64. The predicted molar refractivity (Wildman–Crippen MR) is 111 cm³/mol. The molecule has 3 aliphatic rings. The summed E-state index contributed by atoms with van der Waals surface area (Å²) in [6, 6.07) is 13.8. The summed E-state index contributed by atoms with van der Waals surface area (Å²) < 4.78 is 0. The maximum Gasteiger partial charge on any atom is -0.0143 e. The largest absolute Gasteiger partial charge is 0.0659 e. The van der Waals surface area contributed by atoms with Crippen LogP contribution in [0.5, 0.6) is 0 Å². The quantitative estimate of drug-likeness (QED) is 0.563. The lowest BCUT2D eigenvalue weighted by molar-refractivity contribution is 0.370. The highest BCUT2D eigenvalue weighted by Crippen LogP contribution is 2.43. The predicted octanol–water partition coefficient (Wildman–Crippen LogP) is 7.00. The summed E-state index contributed by atoms with van der Waals surface area (Å²) in [7, 11) is 0. The minimum absolute atomic E-state index is 0.831. The Balaban J connectivity index is 1.58. The number of aryl methyl sites for hydroxylation is 2. The Morgan fingerprint density at radius 1 is 0.846 bits per heavy atom. The number of hydrogen-bond acceptors (Lipinski definition) is 0. The van der Waals surface area contributed by atoms with Gasteiger partial charge in [0.2, 0.25) is 0 Å². The van der Waals surface area contributed by atoms with E-state index >= 15 is 0 Å². The Labute approximate surface area is 158 Å². The fourth-order valence-electron chi connectivity index (χ4n) is 5.98. The molecule has 0 nitrogen and oxygen atoms in total. The van der Waals surface area contributed by atoms with Crippen molar-refractivity contribution in [2.24, 2.45) is 11.8 Å². The maximum absolute atomic E-state index is 2.64. The van der Waals surface area contributed by atoms with Crippen LogP contribution in [-0.4, -0.2) is 0 Å². The molecule has 0 heterocycles. The first-order valence-corrected chi connectivity index (χ1v) is 10.8. The van der Waals surface area contributed by atoms with Gasteiger partial charge >= 0.3 is 0 Å². The molecular formula is C26H30. The standard InChI is InChI=1S/C26H30/c1-2-22(18-7-3-4-8-18)21-12-11-20-14-15-24-23-10-6-5-9-19(23)13-16-25(24)26(20)17-21/h5-6,9-10,14-15,17-18,22H,2-4,7-8,11-13,16H2,1H3. The van der Waals surface area contributed by atoms with Crippen molar-refractivity contribution < 1.29 is 0 Å². The van der Waals surface area contributed by atoms with Crippen LogP contribution in [0.3, 0.4) is 0 Å². The van der Waals surface area contributed by atoms with Gasteiger partial charge in [-0.2, -0.15) is 0 Å². The number of hydrogen-bond donors (Lipinski definition) is 0. The molecule has 26 heavy (non-hydrogen) atoms. The van der Waals surface area contributed by atoms with Gasteiger partial charge in [0.25, 0.3) is 0 Å². The van der Waals surface area contributed by atoms with Crippen molar-refractivity contribution in [2.75, 3.05) is 0 Å². The molecule has 0 N–H and O–H groups in total. The molecule has 1 saturated carbocycles. The lowest BCUT2D eigenvalue weighted by Crippen LogP contribution is -2.17. The number of fused-ring (bicyclic) bond motifs is 5. The molecule has 0 amide bonds. The zero-order valence-corrected chi connectivity index (χ0v) is 16.1. The molecule has 0 heteroatoms. The van der Waals surface area contributed by atoms with Gasteiger partial charge < -0.3 is 0 Å². The summed E-state index contributed by atoms with van der Waals surface area (Å²) in [6.45, 7) is 2.41. The van der Waals surface area contributed by atoms with E-state index in [0.29, 0.717) is 0 Å². The Morgan fingerprint density at radius 3 is 2.50 bits per heavy atom. The average Bonchev–Trinajstić information content (AvgIpc) is 3.22. The molecule has 0 saturated heterocycles. The molecule has 1 atom stereocenters. The van der Waals surface area contributed by atoms with Crippen molar-refractivity contribution in [1.82, 2.24) is 0 Å². The molecule has 2 aromatic rings. The van der Waals surface area contributed by atoms with E-state index in [1.54, 1.807) is 22.3 Å². The average molecular weight is 343 g/mol. The van der Waals surface area contributed by atoms with Gasteiger partial charge in [-0.1, -0.05) is 67.8 Å². The highest BCUT2D eigenvalue weighted by molar-refractivity contribution is 5.79. The molecule has 0 aliphatic heterocycles. The van der Waals surface area contributed by atoms with Crippen molar-refractivity contribution in [1.29, 1.82) is 0 Å². The fourth-order valence-corrected chi connectivity index (χ4v) is 5.98. The van der Waals surface area contributed by atoms with E-state index in [0.717, 1.165) is 11.8 Å². The number of rotatable bonds is 3. The molecule has 5 rings (SSSR count). The van der Waals surface area contributed by atoms with Crippen molar-refractivity contribution in [3.8, 4) is 11.1 Å². The van der Waals surface area contributed by atoms with Crippen LogP contribution in [0.4, 0.5) is 0 Å². The van der Waals surface area contributed by atoms with Crippen LogP contribution in [0.1, 0.15) is 67.7 Å². The first-order chi connectivity index (χ1) is 12.8. The second-order valence-corrected chi connectivity index (χ2v) is 8.60. The van der Waals surface area contributed by atoms with Crippen LogP contribution in [0.25, 0.3) is 17.2 Å². The van der Waals surface area contributed by atoms with E-state index in [4.69, 9.17) is 0 Å². The van der Waals surface area contributed by atoms with Gasteiger partial charge in [0.15, 0.2) is 0 Å². The first kappa shape index (κ1) is 16.4. The van der Waals surface area contributed by atoms with Crippen LogP contribution >= 0.6 is 0 Å². The second kappa shape index (κ2) is 6.72. The molecule has 3 aliphatic carbocycles. The van der Waals surface area contributed by atoms with Crippen molar-refractivity contribution >= 4 is 6.08 Å². The van der Waals surface area contributed by atoms with Crippen molar-refractivity contribution in [3.63, 3.8) is 0 Å². The smallest absolute Gasteiger partial charge is 0.0143 e. The Kier molecular flexibility index (Phi) is 4.23. The minimum atomic E-state index is 0.831. The van der Waals surface area contributed by atoms with E-state index < -0.39 is 0 Å². The van der Waals surface area contributed by atoms with E-state index in [-0.39, 0.29) is 0 Å². The summed E-state index contributed by atoms with van der Waals surface area (Å²) in [5.74, 6) is 1.78. The van der Waals surface area contributed by atoms with Crippen LogP contribution < -0.4 is 0 Å². The third-order valence-electron chi connectivity index (χ3n) is 7.30. The van der Waals surface area contributed by atoms with Crippen LogP contribution in [0.15, 0.2) is 42.0 Å². The van der Waals surface area contributed by atoms with Crippen molar-refractivity contribution in [3.05, 3.63) is 64.2 Å². The highest BCUT2D eigenvalue weighted by Gasteiger charge is 2.29. The van der Waals surface area contributed by atoms with E-state index in [9.17, 15) is 0 Å². The molecule has 2 aromatic carbocycles.